The number of hydrogen-bond acceptors (Lipinski definition) is 5. The maximum absolute atomic E-state index is 12.5. The summed E-state index contributed by atoms with van der Waals surface area (Å²) in [6.07, 6.45) is 3.76. The second-order valence-electron chi connectivity index (χ2n) is 6.93. The topological polar surface area (TPSA) is 84.7 Å². The molecular weight excluding hydrogens is 358 g/mol. The first-order chi connectivity index (χ1) is 13.6. The molecule has 1 amide bonds. The molecule has 2 aromatic rings. The molecule has 0 aromatic heterocycles. The smallest absolute Gasteiger partial charge is 0.311 e. The molecule has 0 bridgehead atoms. The van der Waals surface area contributed by atoms with Gasteiger partial charge >= 0.3 is 5.69 Å². The van der Waals surface area contributed by atoms with E-state index >= 15 is 0 Å². The number of carbonyl (C=O) groups is 1. The third-order valence-electron chi connectivity index (χ3n) is 5.04. The number of amides is 1. The van der Waals surface area contributed by atoms with Crippen molar-refractivity contribution in [2.45, 2.75) is 32.4 Å². The third-order valence-corrected chi connectivity index (χ3v) is 5.04. The molecule has 0 atom stereocenters. The van der Waals surface area contributed by atoms with Crippen LogP contribution in [0, 0.1) is 10.1 Å². The quantitative estimate of drug-likeness (QED) is 0.584. The normalized spacial score (nSPS) is 14.5. The fourth-order valence-corrected chi connectivity index (χ4v) is 3.49. The van der Waals surface area contributed by atoms with Crippen molar-refractivity contribution in [2.75, 3.05) is 20.2 Å². The summed E-state index contributed by atoms with van der Waals surface area (Å²) in [7, 11) is 1.36. The molecule has 7 nitrogen and oxygen atoms in total. The molecule has 7 heteroatoms. The van der Waals surface area contributed by atoms with Crippen molar-refractivity contribution in [1.82, 2.24) is 10.2 Å². The highest BCUT2D eigenvalue weighted by Crippen LogP contribution is 2.27. The molecule has 3 rings (SSSR count). The van der Waals surface area contributed by atoms with Gasteiger partial charge in [0, 0.05) is 24.7 Å². The number of carbonyl (C=O) groups excluding carboxylic acids is 1. The van der Waals surface area contributed by atoms with Crippen molar-refractivity contribution in [2.24, 2.45) is 0 Å². The molecule has 0 aliphatic carbocycles. The van der Waals surface area contributed by atoms with Gasteiger partial charge in [-0.05, 0) is 49.2 Å². The molecule has 0 spiro atoms. The van der Waals surface area contributed by atoms with Crippen LogP contribution in [0.2, 0.25) is 0 Å². The molecule has 1 heterocycles. The Morgan fingerprint density at radius 2 is 1.86 bits per heavy atom. The molecule has 1 aliphatic heterocycles. The van der Waals surface area contributed by atoms with Gasteiger partial charge in [0.1, 0.15) is 0 Å². The first-order valence-corrected chi connectivity index (χ1v) is 9.48. The minimum absolute atomic E-state index is 0.133. The van der Waals surface area contributed by atoms with E-state index in [9.17, 15) is 14.9 Å². The lowest BCUT2D eigenvalue weighted by Gasteiger charge is -2.27. The monoisotopic (exact) mass is 383 g/mol. The number of hydrogen-bond donors (Lipinski definition) is 1. The van der Waals surface area contributed by atoms with Crippen LogP contribution in [-0.4, -0.2) is 35.9 Å². The lowest BCUT2D eigenvalue weighted by atomic mass is 10.0. The summed E-state index contributed by atoms with van der Waals surface area (Å²) in [6, 6.07) is 12.3. The first kappa shape index (κ1) is 19.8. The molecule has 1 aliphatic rings. The highest BCUT2D eigenvalue weighted by Gasteiger charge is 2.18. The molecule has 1 N–H and O–H groups in total. The van der Waals surface area contributed by atoms with Gasteiger partial charge in [-0.25, -0.2) is 0 Å². The lowest BCUT2D eigenvalue weighted by Crippen LogP contribution is -2.30. The Morgan fingerprint density at radius 3 is 2.54 bits per heavy atom. The molecule has 0 saturated carbocycles. The molecule has 1 fully saturated rings. The number of nitrogens with zero attached hydrogens (tertiary/aromatic N) is 2. The summed E-state index contributed by atoms with van der Waals surface area (Å²) in [5.41, 5.74) is 2.27. The molecule has 0 radical (unpaired) electrons. The Morgan fingerprint density at radius 1 is 1.14 bits per heavy atom. The van der Waals surface area contributed by atoms with Crippen molar-refractivity contribution < 1.29 is 14.5 Å². The second-order valence-corrected chi connectivity index (χ2v) is 6.93. The van der Waals surface area contributed by atoms with Crippen LogP contribution in [-0.2, 0) is 13.1 Å². The molecule has 2 aromatic carbocycles. The molecular formula is C21H25N3O4. The molecule has 148 valence electrons. The van der Waals surface area contributed by atoms with Crippen LogP contribution < -0.4 is 10.1 Å². The Hall–Kier alpha value is -2.93. The Kier molecular flexibility index (Phi) is 6.60. The zero-order valence-electron chi connectivity index (χ0n) is 16.0. The maximum atomic E-state index is 12.5. The zero-order chi connectivity index (χ0) is 19.9. The van der Waals surface area contributed by atoms with Gasteiger partial charge in [-0.1, -0.05) is 30.7 Å². The fraction of sp³-hybridized carbons (Fsp3) is 0.381. The number of nitro benzene ring substituents is 1. The molecule has 28 heavy (non-hydrogen) atoms. The van der Waals surface area contributed by atoms with E-state index < -0.39 is 4.92 Å². The van der Waals surface area contributed by atoms with E-state index in [1.807, 2.05) is 18.2 Å². The van der Waals surface area contributed by atoms with E-state index in [0.717, 1.165) is 25.2 Å². The van der Waals surface area contributed by atoms with Gasteiger partial charge in [0.05, 0.1) is 12.0 Å². The maximum Gasteiger partial charge on any atom is 0.311 e. The van der Waals surface area contributed by atoms with Gasteiger partial charge < -0.3 is 10.1 Å². The van der Waals surface area contributed by atoms with E-state index in [1.165, 1.54) is 50.1 Å². The summed E-state index contributed by atoms with van der Waals surface area (Å²) in [5.74, 6) is -0.216. The van der Waals surface area contributed by atoms with Crippen molar-refractivity contribution in [3.63, 3.8) is 0 Å². The standard InChI is InChI=1S/C21H25N3O4/c1-28-20-10-9-16(13-19(20)24(26)27)21(25)22-14-17-7-3-4-8-18(17)15-23-11-5-2-6-12-23/h3-4,7-10,13H,2,5-6,11-12,14-15H2,1H3,(H,22,25). The minimum atomic E-state index is -0.552. The van der Waals surface area contributed by atoms with Crippen molar-refractivity contribution in [3.8, 4) is 5.75 Å². The summed E-state index contributed by atoms with van der Waals surface area (Å²) in [4.78, 5) is 25.6. The summed E-state index contributed by atoms with van der Waals surface area (Å²) >= 11 is 0. The molecule has 1 saturated heterocycles. The summed E-state index contributed by atoms with van der Waals surface area (Å²) < 4.78 is 4.98. The lowest BCUT2D eigenvalue weighted by molar-refractivity contribution is -0.385. The van der Waals surface area contributed by atoms with Gasteiger partial charge in [-0.15, -0.1) is 0 Å². The number of likely N-dealkylation sites (tertiary alicyclic amines) is 1. The Labute approximate surface area is 164 Å². The number of nitrogens with one attached hydrogen (secondary N) is 1. The van der Waals surface area contributed by atoms with E-state index in [1.54, 1.807) is 0 Å². The van der Waals surface area contributed by atoms with Crippen LogP contribution in [0.1, 0.15) is 40.7 Å². The van der Waals surface area contributed by atoms with Gasteiger partial charge in [0.15, 0.2) is 5.75 Å². The van der Waals surface area contributed by atoms with Crippen molar-refractivity contribution in [1.29, 1.82) is 0 Å². The third kappa shape index (κ3) is 4.86. The SMILES string of the molecule is COc1ccc(C(=O)NCc2ccccc2CN2CCCCC2)cc1[N+](=O)[O-]. The van der Waals surface area contributed by atoms with Crippen LogP contribution in [0.3, 0.4) is 0 Å². The number of benzene rings is 2. The highest BCUT2D eigenvalue weighted by atomic mass is 16.6. The van der Waals surface area contributed by atoms with Crippen LogP contribution >= 0.6 is 0 Å². The Bertz CT molecular complexity index is 847. The van der Waals surface area contributed by atoms with Crippen molar-refractivity contribution in [3.05, 3.63) is 69.3 Å². The average Bonchev–Trinajstić information content (AvgIpc) is 2.73. The number of piperidine rings is 1. The highest BCUT2D eigenvalue weighted by molar-refractivity contribution is 5.95. The average molecular weight is 383 g/mol. The number of rotatable bonds is 7. The van der Waals surface area contributed by atoms with Gasteiger partial charge in [-0.2, -0.15) is 0 Å². The van der Waals surface area contributed by atoms with Crippen LogP contribution in [0.5, 0.6) is 5.75 Å². The predicted octanol–water partition coefficient (Wildman–Crippen LogP) is 3.52. The molecule has 0 unspecified atom stereocenters. The van der Waals surface area contributed by atoms with E-state index in [2.05, 4.69) is 16.3 Å². The van der Waals surface area contributed by atoms with E-state index in [0.29, 0.717) is 6.54 Å². The second kappa shape index (κ2) is 9.32. The zero-order valence-corrected chi connectivity index (χ0v) is 16.0. The van der Waals surface area contributed by atoms with Crippen LogP contribution in [0.25, 0.3) is 0 Å². The number of methoxy groups -OCH3 is 1. The van der Waals surface area contributed by atoms with Gasteiger partial charge in [0.25, 0.3) is 5.91 Å². The van der Waals surface area contributed by atoms with Crippen LogP contribution in [0.15, 0.2) is 42.5 Å². The summed E-state index contributed by atoms with van der Waals surface area (Å²) in [6.45, 7) is 3.47. The number of ether oxygens (including phenoxy) is 1. The van der Waals surface area contributed by atoms with E-state index in [-0.39, 0.29) is 22.9 Å². The Balaban J connectivity index is 1.68. The van der Waals surface area contributed by atoms with E-state index in [4.69, 9.17) is 4.74 Å². The first-order valence-electron chi connectivity index (χ1n) is 9.48. The minimum Gasteiger partial charge on any atom is -0.490 e. The largest absolute Gasteiger partial charge is 0.490 e. The fourth-order valence-electron chi connectivity index (χ4n) is 3.49. The number of nitro groups is 1. The summed E-state index contributed by atoms with van der Waals surface area (Å²) in [5, 5.41) is 14.0. The van der Waals surface area contributed by atoms with Crippen molar-refractivity contribution >= 4 is 11.6 Å². The van der Waals surface area contributed by atoms with Gasteiger partial charge in [-0.3, -0.25) is 19.8 Å². The van der Waals surface area contributed by atoms with Crippen LogP contribution in [0.4, 0.5) is 5.69 Å². The van der Waals surface area contributed by atoms with Gasteiger partial charge in [0.2, 0.25) is 0 Å². The predicted molar refractivity (Wildman–Crippen MR) is 106 cm³/mol.